The van der Waals surface area contributed by atoms with E-state index in [0.717, 1.165) is 9.87 Å². The zero-order chi connectivity index (χ0) is 15.6. The molecule has 1 atom stereocenters. The van der Waals surface area contributed by atoms with Gasteiger partial charge in [-0.2, -0.15) is 0 Å². The molecule has 1 unspecified atom stereocenters. The summed E-state index contributed by atoms with van der Waals surface area (Å²) in [5, 5.41) is 9.33. The number of benzene rings is 2. The van der Waals surface area contributed by atoms with Gasteiger partial charge in [-0.1, -0.05) is 35.4 Å². The Hall–Kier alpha value is -1.89. The van der Waals surface area contributed by atoms with E-state index in [2.05, 4.69) is 0 Å². The number of carbonyl (C=O) groups is 1. The first kappa shape index (κ1) is 15.5. The topological polar surface area (TPSA) is 77.8 Å². The van der Waals surface area contributed by atoms with E-state index in [-0.39, 0.29) is 16.3 Å². The zero-order valence-corrected chi connectivity index (χ0v) is 12.6. The van der Waals surface area contributed by atoms with Crippen molar-refractivity contribution in [3.63, 3.8) is 0 Å². The Morgan fingerprint density at radius 1 is 1.19 bits per heavy atom. The van der Waals surface area contributed by atoms with Gasteiger partial charge in [-0.3, -0.25) is 4.55 Å². The van der Waals surface area contributed by atoms with Crippen molar-refractivity contribution in [3.8, 4) is 0 Å². The van der Waals surface area contributed by atoms with E-state index in [0.29, 0.717) is 5.69 Å². The maximum absolute atomic E-state index is 11.7. The maximum Gasteiger partial charge on any atom is 0.337 e. The summed E-state index contributed by atoms with van der Waals surface area (Å²) in [4.78, 5) is 11.3. The molecule has 5 nitrogen and oxygen atoms in total. The van der Waals surface area contributed by atoms with E-state index >= 15 is 0 Å². The van der Waals surface area contributed by atoms with Crippen LogP contribution in [0.1, 0.15) is 15.9 Å². The van der Waals surface area contributed by atoms with Crippen LogP contribution in [-0.2, 0) is 11.3 Å². The highest BCUT2D eigenvalue weighted by Gasteiger charge is 2.24. The van der Waals surface area contributed by atoms with Gasteiger partial charge in [0.25, 0.3) is 11.3 Å². The molecule has 0 aliphatic carbocycles. The SMILES string of the molecule is Cc1ccc(N(c2c(Cl)cccc2C(=O)O)S(=O)O)cc1. The minimum Gasteiger partial charge on any atom is -0.478 e. The lowest BCUT2D eigenvalue weighted by atomic mass is 10.1. The van der Waals surface area contributed by atoms with Gasteiger partial charge in [0.15, 0.2) is 0 Å². The molecule has 0 heterocycles. The second kappa shape index (κ2) is 6.26. The number of nitrogens with zero attached hydrogens (tertiary/aromatic N) is 1. The van der Waals surface area contributed by atoms with E-state index in [1.165, 1.54) is 18.2 Å². The normalized spacial score (nSPS) is 12.0. The average molecular weight is 326 g/mol. The largest absolute Gasteiger partial charge is 0.478 e. The molecule has 0 aliphatic rings. The standard InChI is InChI=1S/C14H12ClNO4S/c1-9-5-7-10(8-6-9)16(21(19)20)13-11(14(17)18)3-2-4-12(13)15/h2-8H,1H3,(H,17,18)(H,19,20). The van der Waals surface area contributed by atoms with E-state index in [1.54, 1.807) is 24.3 Å². The van der Waals surface area contributed by atoms with Gasteiger partial charge in [-0.25, -0.2) is 13.3 Å². The molecule has 110 valence electrons. The molecular weight excluding hydrogens is 314 g/mol. The third-order valence-electron chi connectivity index (χ3n) is 2.84. The van der Waals surface area contributed by atoms with E-state index in [1.807, 2.05) is 6.92 Å². The summed E-state index contributed by atoms with van der Waals surface area (Å²) in [7, 11) is 0. The van der Waals surface area contributed by atoms with Crippen molar-refractivity contribution in [2.75, 3.05) is 4.31 Å². The van der Waals surface area contributed by atoms with Crippen molar-refractivity contribution in [1.82, 2.24) is 0 Å². The minimum atomic E-state index is -2.46. The Kier molecular flexibility index (Phi) is 4.62. The summed E-state index contributed by atoms with van der Waals surface area (Å²) in [5.41, 5.74) is 1.18. The highest BCUT2D eigenvalue weighted by molar-refractivity contribution is 7.81. The van der Waals surface area contributed by atoms with E-state index < -0.39 is 17.2 Å². The fourth-order valence-electron chi connectivity index (χ4n) is 1.87. The molecule has 0 fully saturated rings. The second-order valence-electron chi connectivity index (χ2n) is 4.30. The molecule has 0 spiro atoms. The Labute approximate surface area is 129 Å². The molecule has 2 rings (SSSR count). The first-order valence-electron chi connectivity index (χ1n) is 5.91. The Morgan fingerprint density at radius 2 is 1.81 bits per heavy atom. The van der Waals surface area contributed by atoms with Crippen molar-refractivity contribution in [2.24, 2.45) is 0 Å². The quantitative estimate of drug-likeness (QED) is 0.842. The molecule has 0 radical (unpaired) electrons. The van der Waals surface area contributed by atoms with Crippen LogP contribution in [-0.4, -0.2) is 19.8 Å². The lowest BCUT2D eigenvalue weighted by molar-refractivity contribution is 0.0698. The number of anilines is 2. The monoisotopic (exact) mass is 325 g/mol. The number of aromatic carboxylic acids is 1. The van der Waals surface area contributed by atoms with Crippen molar-refractivity contribution in [2.45, 2.75) is 6.92 Å². The number of para-hydroxylation sites is 1. The molecule has 2 N–H and O–H groups in total. The molecule has 7 heteroatoms. The van der Waals surface area contributed by atoms with Crippen molar-refractivity contribution < 1.29 is 18.7 Å². The predicted octanol–water partition coefficient (Wildman–Crippen LogP) is 3.62. The molecule has 0 amide bonds. The van der Waals surface area contributed by atoms with Gasteiger partial charge < -0.3 is 5.11 Å². The summed E-state index contributed by atoms with van der Waals surface area (Å²) in [5.74, 6) is -1.23. The number of halogens is 1. The van der Waals surface area contributed by atoms with Crippen LogP contribution in [0.4, 0.5) is 11.4 Å². The van der Waals surface area contributed by atoms with Crippen LogP contribution < -0.4 is 4.31 Å². The van der Waals surface area contributed by atoms with E-state index in [4.69, 9.17) is 11.6 Å². The van der Waals surface area contributed by atoms with Crippen LogP contribution in [0, 0.1) is 6.92 Å². The lowest BCUT2D eigenvalue weighted by Crippen LogP contribution is -2.22. The third-order valence-corrected chi connectivity index (χ3v) is 3.86. The molecule has 0 aliphatic heterocycles. The molecule has 0 bridgehead atoms. The molecule has 0 aromatic heterocycles. The molecule has 0 saturated heterocycles. The van der Waals surface area contributed by atoms with Crippen molar-refractivity contribution in [3.05, 3.63) is 58.6 Å². The second-order valence-corrected chi connectivity index (χ2v) is 5.54. The van der Waals surface area contributed by atoms with Gasteiger partial charge in [0.05, 0.1) is 22.0 Å². The molecule has 0 saturated carbocycles. The van der Waals surface area contributed by atoms with Crippen molar-refractivity contribution in [1.29, 1.82) is 0 Å². The number of hydrogen-bond acceptors (Lipinski definition) is 2. The summed E-state index contributed by atoms with van der Waals surface area (Å²) >= 11 is 3.58. The number of carboxylic acid groups (broad SMARTS) is 1. The molecule has 21 heavy (non-hydrogen) atoms. The number of aryl methyl sites for hydroxylation is 1. The first-order valence-corrected chi connectivity index (χ1v) is 7.35. The van der Waals surface area contributed by atoms with Crippen LogP contribution in [0.2, 0.25) is 5.02 Å². The van der Waals surface area contributed by atoms with Gasteiger partial charge in [0.2, 0.25) is 0 Å². The smallest absolute Gasteiger partial charge is 0.337 e. The van der Waals surface area contributed by atoms with E-state index in [9.17, 15) is 18.7 Å². The Balaban J connectivity index is 2.67. The molecule has 2 aromatic rings. The third kappa shape index (κ3) is 3.24. The molecule has 2 aromatic carbocycles. The predicted molar refractivity (Wildman–Crippen MR) is 82.5 cm³/mol. The van der Waals surface area contributed by atoms with Gasteiger partial charge >= 0.3 is 5.97 Å². The fraction of sp³-hybridized carbons (Fsp3) is 0.0714. The number of hydrogen-bond donors (Lipinski definition) is 2. The lowest BCUT2D eigenvalue weighted by Gasteiger charge is -2.23. The minimum absolute atomic E-state index is 0.0173. The van der Waals surface area contributed by atoms with Crippen LogP contribution in [0.15, 0.2) is 42.5 Å². The van der Waals surface area contributed by atoms with Gasteiger partial charge in [0.1, 0.15) is 0 Å². The Bertz CT molecular complexity index is 703. The summed E-state index contributed by atoms with van der Waals surface area (Å²) in [6, 6.07) is 11.0. The van der Waals surface area contributed by atoms with Gasteiger partial charge in [-0.15, -0.1) is 0 Å². The van der Waals surface area contributed by atoms with Crippen LogP contribution in [0.25, 0.3) is 0 Å². The van der Waals surface area contributed by atoms with Crippen LogP contribution in [0.3, 0.4) is 0 Å². The number of rotatable bonds is 4. The van der Waals surface area contributed by atoms with Crippen LogP contribution in [0.5, 0.6) is 0 Å². The Morgan fingerprint density at radius 3 is 2.33 bits per heavy atom. The first-order chi connectivity index (χ1) is 9.91. The highest BCUT2D eigenvalue weighted by Crippen LogP contribution is 2.36. The maximum atomic E-state index is 11.7. The average Bonchev–Trinajstić information content (AvgIpc) is 2.42. The van der Waals surface area contributed by atoms with Crippen molar-refractivity contribution >= 4 is 40.2 Å². The molecular formula is C14H12ClNO4S. The summed E-state index contributed by atoms with van der Waals surface area (Å²) in [6.07, 6.45) is 0. The summed E-state index contributed by atoms with van der Waals surface area (Å²) < 4.78 is 22.2. The van der Waals surface area contributed by atoms with Gasteiger partial charge in [0, 0.05) is 0 Å². The van der Waals surface area contributed by atoms with Gasteiger partial charge in [-0.05, 0) is 31.2 Å². The zero-order valence-electron chi connectivity index (χ0n) is 11.0. The fourth-order valence-corrected chi connectivity index (χ4v) is 2.84. The van der Waals surface area contributed by atoms with Crippen LogP contribution >= 0.6 is 11.6 Å². The summed E-state index contributed by atoms with van der Waals surface area (Å²) in [6.45, 7) is 1.88. The number of carboxylic acids is 1. The highest BCUT2D eigenvalue weighted by atomic mass is 35.5.